The molecular formula is C20H24N4O3. The number of ether oxygens (including phenoxy) is 2. The molecule has 0 atom stereocenters. The van der Waals surface area contributed by atoms with E-state index in [1.54, 1.807) is 6.20 Å². The highest BCUT2D eigenvalue weighted by molar-refractivity contribution is 6.36. The predicted molar refractivity (Wildman–Crippen MR) is 105 cm³/mol. The Kier molecular flexibility index (Phi) is 4.61. The number of amides is 1. The number of aromatic amines is 1. The van der Waals surface area contributed by atoms with Crippen LogP contribution in [0.3, 0.4) is 0 Å². The zero-order chi connectivity index (χ0) is 19.0. The fourth-order valence-corrected chi connectivity index (χ4v) is 3.44. The van der Waals surface area contributed by atoms with Gasteiger partial charge in [0.25, 0.3) is 5.91 Å². The summed E-state index contributed by atoms with van der Waals surface area (Å²) >= 11 is 0. The van der Waals surface area contributed by atoms with Crippen molar-refractivity contribution >= 4 is 28.7 Å². The highest BCUT2D eigenvalue weighted by Gasteiger charge is 2.28. The lowest BCUT2D eigenvalue weighted by atomic mass is 10.00. The Morgan fingerprint density at radius 2 is 2.07 bits per heavy atom. The summed E-state index contributed by atoms with van der Waals surface area (Å²) in [6.07, 6.45) is 1.86. The Morgan fingerprint density at radius 3 is 2.81 bits per heavy atom. The first-order valence-electron chi connectivity index (χ1n) is 9.24. The van der Waals surface area contributed by atoms with Gasteiger partial charge in [-0.3, -0.25) is 4.79 Å². The van der Waals surface area contributed by atoms with Crippen LogP contribution in [-0.4, -0.2) is 48.3 Å². The molecule has 2 aromatic rings. The van der Waals surface area contributed by atoms with Crippen LogP contribution in [-0.2, 0) is 9.53 Å². The van der Waals surface area contributed by atoms with Gasteiger partial charge in [0.1, 0.15) is 5.75 Å². The molecule has 4 rings (SSSR count). The van der Waals surface area contributed by atoms with E-state index in [0.29, 0.717) is 18.8 Å². The number of aromatic nitrogens is 2. The topological polar surface area (TPSA) is 79.5 Å². The van der Waals surface area contributed by atoms with Gasteiger partial charge in [0, 0.05) is 24.3 Å². The molecule has 7 nitrogen and oxygen atoms in total. The number of fused-ring (bicyclic) bond motifs is 1. The molecule has 1 saturated heterocycles. The number of hydrogen-bond acceptors (Lipinski definition) is 5. The molecule has 2 aliphatic heterocycles. The van der Waals surface area contributed by atoms with Crippen molar-refractivity contribution in [1.29, 1.82) is 0 Å². The molecule has 2 aliphatic rings. The summed E-state index contributed by atoms with van der Waals surface area (Å²) in [6, 6.07) is 5.69. The highest BCUT2D eigenvalue weighted by Crippen LogP contribution is 2.38. The number of carbonyl (C=O) groups is 1. The summed E-state index contributed by atoms with van der Waals surface area (Å²) < 4.78 is 11.2. The van der Waals surface area contributed by atoms with Crippen molar-refractivity contribution in [3.63, 3.8) is 0 Å². The third kappa shape index (κ3) is 3.42. The SMILES string of the molecule is CC(=C1C(=O)Nc2ccc(OC(C)C)cc21)c1cnc(N2CCOCC2)[nH]1. The first-order chi connectivity index (χ1) is 13.0. The summed E-state index contributed by atoms with van der Waals surface area (Å²) in [4.78, 5) is 22.6. The number of imidazole rings is 1. The van der Waals surface area contributed by atoms with Gasteiger partial charge in [0.05, 0.1) is 36.8 Å². The van der Waals surface area contributed by atoms with Gasteiger partial charge in [0.15, 0.2) is 0 Å². The van der Waals surface area contributed by atoms with E-state index in [-0.39, 0.29) is 12.0 Å². The monoisotopic (exact) mass is 368 g/mol. The smallest absolute Gasteiger partial charge is 0.256 e. The van der Waals surface area contributed by atoms with E-state index in [0.717, 1.165) is 47.3 Å². The van der Waals surface area contributed by atoms with E-state index in [1.165, 1.54) is 0 Å². The lowest BCUT2D eigenvalue weighted by Gasteiger charge is -2.26. The third-order valence-corrected chi connectivity index (χ3v) is 4.76. The van der Waals surface area contributed by atoms with Gasteiger partial charge in [-0.1, -0.05) is 0 Å². The van der Waals surface area contributed by atoms with Gasteiger partial charge < -0.3 is 24.7 Å². The van der Waals surface area contributed by atoms with Crippen LogP contribution >= 0.6 is 0 Å². The maximum Gasteiger partial charge on any atom is 0.256 e. The molecule has 1 aromatic carbocycles. The minimum absolute atomic E-state index is 0.0744. The molecule has 142 valence electrons. The van der Waals surface area contributed by atoms with Gasteiger partial charge in [-0.25, -0.2) is 4.98 Å². The van der Waals surface area contributed by atoms with E-state index >= 15 is 0 Å². The van der Waals surface area contributed by atoms with Crippen LogP contribution in [0.4, 0.5) is 11.6 Å². The number of rotatable bonds is 4. The normalized spacial score (nSPS) is 18.5. The average Bonchev–Trinajstić information content (AvgIpc) is 3.25. The molecule has 7 heteroatoms. The van der Waals surface area contributed by atoms with Crippen molar-refractivity contribution in [3.8, 4) is 5.75 Å². The number of nitrogens with one attached hydrogen (secondary N) is 2. The Bertz CT molecular complexity index is 894. The number of anilines is 2. The summed E-state index contributed by atoms with van der Waals surface area (Å²) in [5, 5.41) is 2.94. The number of benzene rings is 1. The van der Waals surface area contributed by atoms with Crippen LogP contribution in [0.2, 0.25) is 0 Å². The van der Waals surface area contributed by atoms with Crippen molar-refractivity contribution in [3.05, 3.63) is 35.7 Å². The average molecular weight is 368 g/mol. The maximum absolute atomic E-state index is 12.6. The minimum Gasteiger partial charge on any atom is -0.491 e. The largest absolute Gasteiger partial charge is 0.491 e. The van der Waals surface area contributed by atoms with Crippen molar-refractivity contribution in [2.75, 3.05) is 36.5 Å². The number of morpholine rings is 1. The van der Waals surface area contributed by atoms with Gasteiger partial charge in [0.2, 0.25) is 5.95 Å². The van der Waals surface area contributed by atoms with Crippen LogP contribution in [0.5, 0.6) is 5.75 Å². The first-order valence-corrected chi connectivity index (χ1v) is 9.24. The molecule has 27 heavy (non-hydrogen) atoms. The van der Waals surface area contributed by atoms with Crippen LogP contribution in [0.15, 0.2) is 24.4 Å². The number of carbonyl (C=O) groups excluding carboxylic acids is 1. The lowest BCUT2D eigenvalue weighted by molar-refractivity contribution is -0.110. The molecule has 1 fully saturated rings. The Labute approximate surface area is 158 Å². The Balaban J connectivity index is 1.68. The molecule has 0 aliphatic carbocycles. The van der Waals surface area contributed by atoms with Gasteiger partial charge >= 0.3 is 0 Å². The standard InChI is InChI=1S/C20H24N4O3/c1-12(2)27-14-4-5-16-15(10-14)18(19(25)22-16)13(3)17-11-21-20(23-17)24-6-8-26-9-7-24/h4-5,10-12H,6-9H2,1-3H3,(H,21,23)(H,22,25). The van der Waals surface area contributed by atoms with E-state index in [1.807, 2.05) is 39.0 Å². The van der Waals surface area contributed by atoms with Crippen molar-refractivity contribution in [1.82, 2.24) is 9.97 Å². The van der Waals surface area contributed by atoms with E-state index in [9.17, 15) is 4.79 Å². The lowest BCUT2D eigenvalue weighted by Crippen LogP contribution is -2.36. The molecule has 2 N–H and O–H groups in total. The molecule has 0 spiro atoms. The predicted octanol–water partition coefficient (Wildman–Crippen LogP) is 2.92. The fraction of sp³-hybridized carbons (Fsp3) is 0.400. The number of H-pyrrole nitrogens is 1. The van der Waals surface area contributed by atoms with Crippen molar-refractivity contribution in [2.45, 2.75) is 26.9 Å². The third-order valence-electron chi connectivity index (χ3n) is 4.76. The molecule has 0 saturated carbocycles. The number of nitrogens with zero attached hydrogens (tertiary/aromatic N) is 2. The van der Waals surface area contributed by atoms with Crippen LogP contribution < -0.4 is 15.0 Å². The second-order valence-corrected chi connectivity index (χ2v) is 7.05. The quantitative estimate of drug-likeness (QED) is 0.811. The second kappa shape index (κ2) is 7.08. The van der Waals surface area contributed by atoms with Crippen LogP contribution in [0.25, 0.3) is 11.1 Å². The summed E-state index contributed by atoms with van der Waals surface area (Å²) in [5.74, 6) is 1.46. The first kappa shape index (κ1) is 17.6. The van der Waals surface area contributed by atoms with E-state index in [4.69, 9.17) is 9.47 Å². The second-order valence-electron chi connectivity index (χ2n) is 7.05. The zero-order valence-electron chi connectivity index (χ0n) is 15.8. The summed E-state index contributed by atoms with van der Waals surface area (Å²) in [6.45, 7) is 8.92. The fourth-order valence-electron chi connectivity index (χ4n) is 3.44. The van der Waals surface area contributed by atoms with Crippen molar-refractivity contribution < 1.29 is 14.3 Å². The van der Waals surface area contributed by atoms with Crippen LogP contribution in [0, 0.1) is 0 Å². The molecule has 1 aromatic heterocycles. The molecule has 3 heterocycles. The van der Waals surface area contributed by atoms with Crippen molar-refractivity contribution in [2.24, 2.45) is 0 Å². The van der Waals surface area contributed by atoms with E-state index < -0.39 is 0 Å². The Morgan fingerprint density at radius 1 is 1.30 bits per heavy atom. The molecule has 0 radical (unpaired) electrons. The zero-order valence-corrected chi connectivity index (χ0v) is 15.8. The van der Waals surface area contributed by atoms with Crippen LogP contribution in [0.1, 0.15) is 32.0 Å². The van der Waals surface area contributed by atoms with Gasteiger partial charge in [-0.2, -0.15) is 0 Å². The maximum atomic E-state index is 12.6. The van der Waals surface area contributed by atoms with Gasteiger partial charge in [-0.05, 0) is 44.5 Å². The minimum atomic E-state index is -0.105. The highest BCUT2D eigenvalue weighted by atomic mass is 16.5. The number of allylic oxidation sites excluding steroid dienone is 1. The Hall–Kier alpha value is -2.80. The molecule has 0 bridgehead atoms. The molecule has 1 amide bonds. The number of hydrogen-bond donors (Lipinski definition) is 2. The molecule has 0 unspecified atom stereocenters. The summed E-state index contributed by atoms with van der Waals surface area (Å²) in [7, 11) is 0. The van der Waals surface area contributed by atoms with Gasteiger partial charge in [-0.15, -0.1) is 0 Å². The molecular weight excluding hydrogens is 344 g/mol. The summed E-state index contributed by atoms with van der Waals surface area (Å²) in [5.41, 5.74) is 4.01. The van der Waals surface area contributed by atoms with E-state index in [2.05, 4.69) is 20.2 Å².